The molecule has 0 aliphatic heterocycles. The van der Waals surface area contributed by atoms with Gasteiger partial charge in [-0.1, -0.05) is 30.3 Å². The average Bonchev–Trinajstić information content (AvgIpc) is 2.55. The SMILES string of the molecule is Cc1cccc(Nc2cc(N(C)c3ccccc3)ncn2)c1. The van der Waals surface area contributed by atoms with Gasteiger partial charge in [0.25, 0.3) is 0 Å². The van der Waals surface area contributed by atoms with E-state index in [4.69, 9.17) is 0 Å². The van der Waals surface area contributed by atoms with Crippen LogP contribution >= 0.6 is 0 Å². The topological polar surface area (TPSA) is 41.0 Å². The van der Waals surface area contributed by atoms with Crippen molar-refractivity contribution >= 4 is 23.0 Å². The molecule has 0 radical (unpaired) electrons. The zero-order chi connectivity index (χ0) is 15.4. The van der Waals surface area contributed by atoms with Crippen LogP contribution in [0.25, 0.3) is 0 Å². The van der Waals surface area contributed by atoms with E-state index in [1.54, 1.807) is 6.33 Å². The molecule has 0 aliphatic carbocycles. The highest BCUT2D eigenvalue weighted by molar-refractivity contribution is 5.64. The molecule has 0 aliphatic rings. The fourth-order valence-corrected chi connectivity index (χ4v) is 2.25. The predicted molar refractivity (Wildman–Crippen MR) is 91.0 cm³/mol. The number of nitrogens with zero attached hydrogens (tertiary/aromatic N) is 3. The van der Waals surface area contributed by atoms with Gasteiger partial charge in [0.1, 0.15) is 18.0 Å². The molecule has 1 aromatic heterocycles. The number of anilines is 4. The molecule has 110 valence electrons. The molecule has 3 rings (SSSR count). The number of nitrogens with one attached hydrogen (secondary N) is 1. The van der Waals surface area contributed by atoms with Gasteiger partial charge < -0.3 is 10.2 Å². The third-order valence-electron chi connectivity index (χ3n) is 3.43. The Balaban J connectivity index is 1.83. The Labute approximate surface area is 130 Å². The van der Waals surface area contributed by atoms with E-state index >= 15 is 0 Å². The zero-order valence-electron chi connectivity index (χ0n) is 12.7. The normalized spacial score (nSPS) is 10.3. The molecule has 1 heterocycles. The highest BCUT2D eigenvalue weighted by Crippen LogP contribution is 2.23. The summed E-state index contributed by atoms with van der Waals surface area (Å²) in [6.07, 6.45) is 1.58. The van der Waals surface area contributed by atoms with Gasteiger partial charge in [-0.2, -0.15) is 0 Å². The highest BCUT2D eigenvalue weighted by atomic mass is 15.2. The lowest BCUT2D eigenvalue weighted by Gasteiger charge is -2.18. The van der Waals surface area contributed by atoms with Crippen LogP contribution in [0.1, 0.15) is 5.56 Å². The number of aromatic nitrogens is 2. The van der Waals surface area contributed by atoms with Crippen LogP contribution in [0.2, 0.25) is 0 Å². The van der Waals surface area contributed by atoms with Crippen molar-refractivity contribution in [1.29, 1.82) is 0 Å². The number of hydrogen-bond acceptors (Lipinski definition) is 4. The minimum absolute atomic E-state index is 0.776. The first-order valence-corrected chi connectivity index (χ1v) is 7.17. The molecule has 0 fully saturated rings. The van der Waals surface area contributed by atoms with E-state index in [1.165, 1.54) is 5.56 Å². The highest BCUT2D eigenvalue weighted by Gasteiger charge is 2.06. The molecule has 4 heteroatoms. The molecule has 0 spiro atoms. The molecule has 0 bridgehead atoms. The quantitative estimate of drug-likeness (QED) is 0.778. The van der Waals surface area contributed by atoms with Crippen LogP contribution in [0.3, 0.4) is 0 Å². The van der Waals surface area contributed by atoms with Crippen LogP contribution < -0.4 is 10.2 Å². The van der Waals surface area contributed by atoms with Crippen molar-refractivity contribution in [2.45, 2.75) is 6.92 Å². The lowest BCUT2D eigenvalue weighted by Crippen LogP contribution is -2.11. The Morgan fingerprint density at radius 2 is 1.73 bits per heavy atom. The lowest BCUT2D eigenvalue weighted by atomic mass is 10.2. The molecule has 3 aromatic rings. The molecule has 0 atom stereocenters. The van der Waals surface area contributed by atoms with Gasteiger partial charge in [0.05, 0.1) is 0 Å². The first kappa shape index (κ1) is 14.1. The van der Waals surface area contributed by atoms with Crippen LogP contribution in [0.15, 0.2) is 67.0 Å². The van der Waals surface area contributed by atoms with E-state index in [-0.39, 0.29) is 0 Å². The maximum atomic E-state index is 4.35. The fourth-order valence-electron chi connectivity index (χ4n) is 2.25. The van der Waals surface area contributed by atoms with Gasteiger partial charge in [-0.05, 0) is 36.8 Å². The summed E-state index contributed by atoms with van der Waals surface area (Å²) in [5.74, 6) is 1.62. The molecular weight excluding hydrogens is 272 g/mol. The molecule has 0 saturated heterocycles. The van der Waals surface area contributed by atoms with Crippen LogP contribution in [-0.2, 0) is 0 Å². The fraction of sp³-hybridized carbons (Fsp3) is 0.111. The molecule has 0 saturated carbocycles. The summed E-state index contributed by atoms with van der Waals surface area (Å²) in [5.41, 5.74) is 3.32. The van der Waals surface area contributed by atoms with Gasteiger partial charge >= 0.3 is 0 Å². The van der Waals surface area contributed by atoms with E-state index in [2.05, 4.69) is 46.5 Å². The average molecular weight is 290 g/mol. The Morgan fingerprint density at radius 1 is 0.909 bits per heavy atom. The van der Waals surface area contributed by atoms with Gasteiger partial charge in [-0.25, -0.2) is 9.97 Å². The summed E-state index contributed by atoms with van der Waals surface area (Å²) >= 11 is 0. The second-order valence-electron chi connectivity index (χ2n) is 5.15. The van der Waals surface area contributed by atoms with Crippen molar-refractivity contribution in [3.8, 4) is 0 Å². The van der Waals surface area contributed by atoms with Gasteiger partial charge in [-0.3, -0.25) is 0 Å². The number of rotatable bonds is 4. The molecule has 0 amide bonds. The standard InChI is InChI=1S/C18H18N4/c1-14-7-6-8-15(11-14)21-17-12-18(20-13-19-17)22(2)16-9-4-3-5-10-16/h3-13H,1-2H3,(H,19,20,21). The Morgan fingerprint density at radius 3 is 2.50 bits per heavy atom. The van der Waals surface area contributed by atoms with E-state index in [9.17, 15) is 0 Å². The third kappa shape index (κ3) is 3.23. The first-order valence-electron chi connectivity index (χ1n) is 7.17. The predicted octanol–water partition coefficient (Wildman–Crippen LogP) is 4.30. The van der Waals surface area contributed by atoms with Crippen molar-refractivity contribution in [3.63, 3.8) is 0 Å². The van der Waals surface area contributed by atoms with Gasteiger partial charge in [0.15, 0.2) is 0 Å². The monoisotopic (exact) mass is 290 g/mol. The minimum atomic E-state index is 0.776. The van der Waals surface area contributed by atoms with Crippen LogP contribution in [-0.4, -0.2) is 17.0 Å². The molecule has 4 nitrogen and oxygen atoms in total. The maximum absolute atomic E-state index is 4.35. The van der Waals surface area contributed by atoms with E-state index < -0.39 is 0 Å². The summed E-state index contributed by atoms with van der Waals surface area (Å²) in [7, 11) is 1.99. The van der Waals surface area contributed by atoms with E-state index in [1.807, 2.05) is 48.3 Å². The van der Waals surface area contributed by atoms with Crippen LogP contribution in [0.4, 0.5) is 23.0 Å². The summed E-state index contributed by atoms with van der Waals surface area (Å²) in [5, 5.41) is 3.31. The van der Waals surface area contributed by atoms with Crippen LogP contribution in [0, 0.1) is 6.92 Å². The lowest BCUT2D eigenvalue weighted by molar-refractivity contribution is 1.08. The number of para-hydroxylation sites is 1. The third-order valence-corrected chi connectivity index (χ3v) is 3.43. The summed E-state index contributed by atoms with van der Waals surface area (Å²) in [6, 6.07) is 20.3. The van der Waals surface area contributed by atoms with Gasteiger partial charge in [0.2, 0.25) is 0 Å². The van der Waals surface area contributed by atoms with Crippen molar-refractivity contribution in [2.75, 3.05) is 17.3 Å². The summed E-state index contributed by atoms with van der Waals surface area (Å²) in [4.78, 5) is 10.7. The van der Waals surface area contributed by atoms with E-state index in [0.717, 1.165) is 23.0 Å². The Hall–Kier alpha value is -2.88. The van der Waals surface area contributed by atoms with Crippen molar-refractivity contribution in [3.05, 3.63) is 72.6 Å². The second kappa shape index (κ2) is 6.26. The molecular formula is C18H18N4. The molecule has 0 unspecified atom stereocenters. The first-order chi connectivity index (χ1) is 10.7. The molecule has 1 N–H and O–H groups in total. The largest absolute Gasteiger partial charge is 0.340 e. The van der Waals surface area contributed by atoms with Crippen molar-refractivity contribution in [1.82, 2.24) is 9.97 Å². The Kier molecular flexibility index (Phi) is 4.01. The summed E-state index contributed by atoms with van der Waals surface area (Å²) < 4.78 is 0. The van der Waals surface area contributed by atoms with Gasteiger partial charge in [0, 0.05) is 24.5 Å². The molecule has 2 aromatic carbocycles. The zero-order valence-corrected chi connectivity index (χ0v) is 12.7. The summed E-state index contributed by atoms with van der Waals surface area (Å²) in [6.45, 7) is 2.07. The van der Waals surface area contributed by atoms with Crippen LogP contribution in [0.5, 0.6) is 0 Å². The van der Waals surface area contributed by atoms with Gasteiger partial charge in [-0.15, -0.1) is 0 Å². The number of benzene rings is 2. The number of hydrogen-bond donors (Lipinski definition) is 1. The van der Waals surface area contributed by atoms with Crippen molar-refractivity contribution < 1.29 is 0 Å². The smallest absolute Gasteiger partial charge is 0.138 e. The number of aryl methyl sites for hydroxylation is 1. The Bertz CT molecular complexity index is 756. The minimum Gasteiger partial charge on any atom is -0.340 e. The van der Waals surface area contributed by atoms with E-state index in [0.29, 0.717) is 0 Å². The van der Waals surface area contributed by atoms with Crippen molar-refractivity contribution in [2.24, 2.45) is 0 Å². The maximum Gasteiger partial charge on any atom is 0.138 e. The second-order valence-corrected chi connectivity index (χ2v) is 5.15. The molecule has 22 heavy (non-hydrogen) atoms.